The highest BCUT2D eigenvalue weighted by Crippen LogP contribution is 2.34. The van der Waals surface area contributed by atoms with Crippen molar-refractivity contribution in [3.05, 3.63) is 27.7 Å². The normalized spacial score (nSPS) is 14.4. The van der Waals surface area contributed by atoms with Gasteiger partial charge in [-0.05, 0) is 12.1 Å². The van der Waals surface area contributed by atoms with Crippen molar-refractivity contribution >= 4 is 34.8 Å². The lowest BCUT2D eigenvalue weighted by molar-refractivity contribution is -0.121. The molecular formula is C13H10Cl2N2O2. The molecule has 1 aromatic rings. The topological polar surface area (TPSA) is 50.7 Å². The highest BCUT2D eigenvalue weighted by Gasteiger charge is 2.17. The third-order valence-electron chi connectivity index (χ3n) is 2.54. The van der Waals surface area contributed by atoms with Gasteiger partial charge in [-0.15, -0.1) is 6.42 Å². The summed E-state index contributed by atoms with van der Waals surface area (Å²) >= 11 is 12.2. The van der Waals surface area contributed by atoms with Crippen LogP contribution in [0.25, 0.3) is 0 Å². The molecule has 1 N–H and O–H groups in total. The van der Waals surface area contributed by atoms with Gasteiger partial charge in [0.05, 0.1) is 15.8 Å². The van der Waals surface area contributed by atoms with Crippen LogP contribution in [0, 0.1) is 12.3 Å². The van der Waals surface area contributed by atoms with Gasteiger partial charge in [-0.2, -0.15) is 5.10 Å². The number of nitrogens with one attached hydrogen (secondary N) is 1. The Morgan fingerprint density at radius 1 is 1.37 bits per heavy atom. The summed E-state index contributed by atoms with van der Waals surface area (Å²) in [6.07, 6.45) is 6.05. The second kappa shape index (κ2) is 5.96. The van der Waals surface area contributed by atoms with E-state index < -0.39 is 0 Å². The van der Waals surface area contributed by atoms with Crippen LogP contribution in [0.15, 0.2) is 17.2 Å². The van der Waals surface area contributed by atoms with E-state index in [9.17, 15) is 4.79 Å². The number of halogens is 2. The van der Waals surface area contributed by atoms with E-state index in [0.717, 1.165) is 11.3 Å². The van der Waals surface area contributed by atoms with Gasteiger partial charge >= 0.3 is 0 Å². The van der Waals surface area contributed by atoms with Crippen molar-refractivity contribution in [3.8, 4) is 18.1 Å². The molecule has 0 spiro atoms. The molecule has 0 bridgehead atoms. The smallest absolute Gasteiger partial charge is 0.240 e. The summed E-state index contributed by atoms with van der Waals surface area (Å²) in [5, 5.41) is 4.70. The van der Waals surface area contributed by atoms with E-state index in [0.29, 0.717) is 28.6 Å². The molecular weight excluding hydrogens is 287 g/mol. The van der Waals surface area contributed by atoms with Crippen LogP contribution in [0.3, 0.4) is 0 Å². The molecule has 0 saturated carbocycles. The molecule has 98 valence electrons. The predicted octanol–water partition coefficient (Wildman–Crippen LogP) is 2.62. The van der Waals surface area contributed by atoms with Crippen molar-refractivity contribution in [3.63, 3.8) is 0 Å². The molecule has 1 aromatic carbocycles. The van der Waals surface area contributed by atoms with Gasteiger partial charge in [-0.25, -0.2) is 5.43 Å². The summed E-state index contributed by atoms with van der Waals surface area (Å²) in [5.41, 5.74) is 3.90. The molecule has 6 heteroatoms. The Balaban J connectivity index is 2.30. The zero-order chi connectivity index (χ0) is 13.8. The van der Waals surface area contributed by atoms with Crippen LogP contribution in [-0.4, -0.2) is 18.2 Å². The fraction of sp³-hybridized carbons (Fsp3) is 0.231. The minimum absolute atomic E-state index is 0.0930. The number of benzene rings is 1. The van der Waals surface area contributed by atoms with Crippen LogP contribution in [0.2, 0.25) is 10.0 Å². The van der Waals surface area contributed by atoms with E-state index in [4.69, 9.17) is 34.4 Å². The van der Waals surface area contributed by atoms with E-state index in [1.165, 1.54) is 0 Å². The highest BCUT2D eigenvalue weighted by atomic mass is 35.5. The maximum absolute atomic E-state index is 11.0. The van der Waals surface area contributed by atoms with Gasteiger partial charge < -0.3 is 4.74 Å². The number of carbonyl (C=O) groups is 1. The molecule has 0 fully saturated rings. The van der Waals surface area contributed by atoms with Crippen LogP contribution >= 0.6 is 23.2 Å². The second-order valence-electron chi connectivity index (χ2n) is 3.86. The first kappa shape index (κ1) is 13.7. The number of hydrogen-bond acceptors (Lipinski definition) is 3. The average Bonchev–Trinajstić information content (AvgIpc) is 2.38. The SMILES string of the molecule is C#CCOc1c(Cl)cc(C2=NNC(=O)CC2)cc1Cl. The molecule has 0 radical (unpaired) electrons. The van der Waals surface area contributed by atoms with Crippen molar-refractivity contribution in [2.45, 2.75) is 12.8 Å². The Morgan fingerprint density at radius 3 is 2.58 bits per heavy atom. The molecule has 1 amide bonds. The fourth-order valence-corrected chi connectivity index (χ4v) is 2.26. The fourth-order valence-electron chi connectivity index (χ4n) is 1.66. The van der Waals surface area contributed by atoms with Gasteiger partial charge in [-0.1, -0.05) is 29.1 Å². The summed E-state index contributed by atoms with van der Waals surface area (Å²) in [7, 11) is 0. The second-order valence-corrected chi connectivity index (χ2v) is 4.67. The van der Waals surface area contributed by atoms with E-state index in [-0.39, 0.29) is 12.5 Å². The maximum atomic E-state index is 11.0. The Hall–Kier alpha value is -1.70. The standard InChI is InChI=1S/C13H10Cl2N2O2/c1-2-5-19-13-9(14)6-8(7-10(13)15)11-3-4-12(18)17-16-11/h1,6-7H,3-5H2,(H,17,18). The van der Waals surface area contributed by atoms with Gasteiger partial charge in [0.15, 0.2) is 5.75 Å². The largest absolute Gasteiger partial charge is 0.478 e. The molecule has 19 heavy (non-hydrogen) atoms. The quantitative estimate of drug-likeness (QED) is 0.872. The Labute approximate surface area is 120 Å². The lowest BCUT2D eigenvalue weighted by atomic mass is 10.0. The summed E-state index contributed by atoms with van der Waals surface area (Å²) in [5.74, 6) is 2.59. The number of amides is 1. The first-order valence-corrected chi connectivity index (χ1v) is 6.28. The Bertz CT molecular complexity index is 568. The molecule has 0 saturated heterocycles. The summed E-state index contributed by atoms with van der Waals surface area (Å²) in [6, 6.07) is 3.38. The molecule has 4 nitrogen and oxygen atoms in total. The predicted molar refractivity (Wildman–Crippen MR) is 74.7 cm³/mol. The van der Waals surface area contributed by atoms with Gasteiger partial charge in [0.1, 0.15) is 6.61 Å². The molecule has 0 aliphatic carbocycles. The van der Waals surface area contributed by atoms with E-state index in [2.05, 4.69) is 16.4 Å². The zero-order valence-electron chi connectivity index (χ0n) is 9.87. The van der Waals surface area contributed by atoms with Crippen molar-refractivity contribution in [1.82, 2.24) is 5.43 Å². The van der Waals surface area contributed by atoms with Crippen LogP contribution < -0.4 is 10.2 Å². The van der Waals surface area contributed by atoms with Crippen LogP contribution in [0.5, 0.6) is 5.75 Å². The van der Waals surface area contributed by atoms with Crippen LogP contribution in [0.4, 0.5) is 0 Å². The molecule has 0 unspecified atom stereocenters. The van der Waals surface area contributed by atoms with Crippen LogP contribution in [0.1, 0.15) is 18.4 Å². The van der Waals surface area contributed by atoms with Crippen molar-refractivity contribution in [2.24, 2.45) is 5.10 Å². The minimum Gasteiger partial charge on any atom is -0.478 e. The molecule has 0 atom stereocenters. The number of rotatable bonds is 3. The number of ether oxygens (including phenoxy) is 1. The summed E-state index contributed by atoms with van der Waals surface area (Å²) < 4.78 is 5.27. The number of terminal acetylenes is 1. The van der Waals surface area contributed by atoms with Gasteiger partial charge in [0.2, 0.25) is 5.91 Å². The number of hydrogen-bond donors (Lipinski definition) is 1. The number of nitrogens with zero attached hydrogens (tertiary/aromatic N) is 1. The van der Waals surface area contributed by atoms with Gasteiger partial charge in [0, 0.05) is 18.4 Å². The van der Waals surface area contributed by atoms with E-state index in [1.54, 1.807) is 12.1 Å². The lowest BCUT2D eigenvalue weighted by Crippen LogP contribution is -2.25. The van der Waals surface area contributed by atoms with Crippen molar-refractivity contribution < 1.29 is 9.53 Å². The third kappa shape index (κ3) is 3.19. The van der Waals surface area contributed by atoms with Crippen molar-refractivity contribution in [2.75, 3.05) is 6.61 Å². The molecule has 1 heterocycles. The van der Waals surface area contributed by atoms with Crippen molar-refractivity contribution in [1.29, 1.82) is 0 Å². The van der Waals surface area contributed by atoms with E-state index >= 15 is 0 Å². The summed E-state index contributed by atoms with van der Waals surface area (Å²) in [4.78, 5) is 11.0. The van der Waals surface area contributed by atoms with E-state index in [1.807, 2.05) is 0 Å². The molecule has 1 aliphatic heterocycles. The number of carbonyl (C=O) groups excluding carboxylic acids is 1. The highest BCUT2D eigenvalue weighted by molar-refractivity contribution is 6.37. The minimum atomic E-state index is -0.102. The maximum Gasteiger partial charge on any atom is 0.240 e. The zero-order valence-corrected chi connectivity index (χ0v) is 11.4. The Kier molecular flexibility index (Phi) is 4.31. The van der Waals surface area contributed by atoms with Crippen LogP contribution in [-0.2, 0) is 4.79 Å². The Morgan fingerprint density at radius 2 is 2.05 bits per heavy atom. The lowest BCUT2D eigenvalue weighted by Gasteiger charge is -2.14. The first-order chi connectivity index (χ1) is 9.11. The molecule has 1 aliphatic rings. The van der Waals surface area contributed by atoms with Gasteiger partial charge in [0.25, 0.3) is 0 Å². The third-order valence-corrected chi connectivity index (χ3v) is 3.10. The summed E-state index contributed by atoms with van der Waals surface area (Å²) in [6.45, 7) is 0.0930. The van der Waals surface area contributed by atoms with Gasteiger partial charge in [-0.3, -0.25) is 4.79 Å². The monoisotopic (exact) mass is 296 g/mol. The number of hydrazone groups is 1. The molecule has 2 rings (SSSR count). The first-order valence-electron chi connectivity index (χ1n) is 5.53. The molecule has 0 aromatic heterocycles. The average molecular weight is 297 g/mol.